The third-order valence-electron chi connectivity index (χ3n) is 3.18. The van der Waals surface area contributed by atoms with Crippen molar-refractivity contribution in [1.29, 1.82) is 0 Å². The number of hydrogen-bond donors (Lipinski definition) is 1. The monoisotopic (exact) mass is 273 g/mol. The van der Waals surface area contributed by atoms with Gasteiger partial charge in [0.05, 0.1) is 5.92 Å². The number of rotatable bonds is 6. The molecule has 0 aliphatic carbocycles. The van der Waals surface area contributed by atoms with Crippen molar-refractivity contribution in [2.75, 3.05) is 13.8 Å². The lowest BCUT2D eigenvalue weighted by atomic mass is 9.74. The third kappa shape index (κ3) is 7.15. The summed E-state index contributed by atoms with van der Waals surface area (Å²) in [4.78, 5) is 22.8. The predicted molar refractivity (Wildman–Crippen MR) is 73.4 cm³/mol. The maximum atomic E-state index is 12.1. The van der Waals surface area contributed by atoms with E-state index in [0.29, 0.717) is 6.42 Å². The Labute approximate surface area is 116 Å². The average molecular weight is 273 g/mol. The van der Waals surface area contributed by atoms with Crippen LogP contribution in [0.1, 0.15) is 48.0 Å². The molecule has 0 bridgehead atoms. The molecule has 1 atom stereocenters. The van der Waals surface area contributed by atoms with Gasteiger partial charge >= 0.3 is 11.9 Å². The zero-order valence-corrected chi connectivity index (χ0v) is 13.1. The summed E-state index contributed by atoms with van der Waals surface area (Å²) in [6, 6.07) is 0. The van der Waals surface area contributed by atoms with Crippen molar-refractivity contribution in [3.8, 4) is 0 Å². The van der Waals surface area contributed by atoms with Crippen molar-refractivity contribution < 1.29 is 19.1 Å². The summed E-state index contributed by atoms with van der Waals surface area (Å²) < 4.78 is 9.66. The Morgan fingerprint density at radius 2 is 1.63 bits per heavy atom. The van der Waals surface area contributed by atoms with Crippen LogP contribution in [0.3, 0.4) is 0 Å². The molecule has 0 fully saturated rings. The van der Waals surface area contributed by atoms with Gasteiger partial charge < -0.3 is 14.8 Å². The molecular weight excluding hydrogens is 246 g/mol. The summed E-state index contributed by atoms with van der Waals surface area (Å²) >= 11 is 0. The maximum Gasteiger partial charge on any atom is 0.312 e. The van der Waals surface area contributed by atoms with Crippen LogP contribution in [0.25, 0.3) is 0 Å². The second-order valence-electron chi connectivity index (χ2n) is 6.47. The van der Waals surface area contributed by atoms with Gasteiger partial charge in [-0.25, -0.2) is 0 Å². The average Bonchev–Trinajstić information content (AvgIpc) is 2.24. The normalized spacial score (nSPS) is 13.8. The smallest absolute Gasteiger partial charge is 0.312 e. The number of ether oxygens (including phenoxy) is 2. The van der Waals surface area contributed by atoms with E-state index in [4.69, 9.17) is 4.74 Å². The van der Waals surface area contributed by atoms with Crippen LogP contribution in [-0.2, 0) is 19.1 Å². The van der Waals surface area contributed by atoms with Crippen molar-refractivity contribution in [2.24, 2.45) is 11.3 Å². The lowest BCUT2D eigenvalue weighted by molar-refractivity contribution is -0.172. The first-order valence-electron chi connectivity index (χ1n) is 6.48. The molecule has 0 heterocycles. The van der Waals surface area contributed by atoms with Gasteiger partial charge in [-0.2, -0.15) is 0 Å². The van der Waals surface area contributed by atoms with E-state index in [1.807, 2.05) is 41.7 Å². The fraction of sp³-hybridized carbons (Fsp3) is 0.857. The first kappa shape index (κ1) is 17.9. The lowest BCUT2D eigenvalue weighted by Crippen LogP contribution is -2.43. The SMILES string of the molecule is CNC(C)(C)CC(C(=O)OCOC(C)=O)C(C)(C)C. The van der Waals surface area contributed by atoms with Crippen LogP contribution < -0.4 is 5.32 Å². The maximum absolute atomic E-state index is 12.1. The van der Waals surface area contributed by atoms with Gasteiger partial charge in [-0.15, -0.1) is 0 Å². The first-order chi connectivity index (χ1) is 8.49. The van der Waals surface area contributed by atoms with Crippen molar-refractivity contribution in [3.63, 3.8) is 0 Å². The Kier molecular flexibility index (Phi) is 6.49. The van der Waals surface area contributed by atoms with Gasteiger partial charge in [-0.3, -0.25) is 9.59 Å². The number of nitrogens with one attached hydrogen (secondary N) is 1. The minimum atomic E-state index is -0.462. The standard InChI is InChI=1S/C14H27NO4/c1-10(16)18-9-19-12(17)11(13(2,3)4)8-14(5,6)15-7/h11,15H,8-9H2,1-7H3. The Bertz CT molecular complexity index is 318. The van der Waals surface area contributed by atoms with Crippen LogP contribution >= 0.6 is 0 Å². The van der Waals surface area contributed by atoms with Gasteiger partial charge in [-0.1, -0.05) is 20.8 Å². The summed E-state index contributed by atoms with van der Waals surface area (Å²) in [6.45, 7) is 11.0. The summed E-state index contributed by atoms with van der Waals surface area (Å²) in [5.74, 6) is -1.07. The first-order valence-corrected chi connectivity index (χ1v) is 6.48. The second-order valence-corrected chi connectivity index (χ2v) is 6.47. The topological polar surface area (TPSA) is 64.6 Å². The van der Waals surface area contributed by atoms with Gasteiger partial charge in [0.1, 0.15) is 0 Å². The molecule has 0 aromatic carbocycles. The highest BCUT2D eigenvalue weighted by molar-refractivity contribution is 5.73. The fourth-order valence-corrected chi connectivity index (χ4v) is 1.63. The second kappa shape index (κ2) is 6.89. The quantitative estimate of drug-likeness (QED) is 0.593. The minimum Gasteiger partial charge on any atom is -0.428 e. The van der Waals surface area contributed by atoms with E-state index in [-0.39, 0.29) is 29.6 Å². The Hall–Kier alpha value is -1.10. The molecular formula is C14H27NO4. The molecule has 1 N–H and O–H groups in total. The fourth-order valence-electron chi connectivity index (χ4n) is 1.63. The molecule has 1 unspecified atom stereocenters. The molecule has 0 aromatic rings. The molecule has 5 nitrogen and oxygen atoms in total. The highest BCUT2D eigenvalue weighted by Gasteiger charge is 2.36. The number of carbonyl (C=O) groups is 2. The molecule has 5 heteroatoms. The Balaban J connectivity index is 4.68. The van der Waals surface area contributed by atoms with Crippen LogP contribution in [0.4, 0.5) is 0 Å². The molecule has 0 spiro atoms. The molecule has 19 heavy (non-hydrogen) atoms. The van der Waals surface area contributed by atoms with E-state index in [9.17, 15) is 9.59 Å². The highest BCUT2D eigenvalue weighted by Crippen LogP contribution is 2.33. The number of esters is 2. The molecule has 0 aromatic heterocycles. The molecule has 0 aliphatic rings. The zero-order valence-electron chi connectivity index (χ0n) is 13.1. The summed E-state index contributed by atoms with van der Waals surface area (Å²) in [5, 5.41) is 3.18. The van der Waals surface area contributed by atoms with Crippen molar-refractivity contribution in [2.45, 2.75) is 53.5 Å². The van der Waals surface area contributed by atoms with Gasteiger partial charge in [0.15, 0.2) is 0 Å². The lowest BCUT2D eigenvalue weighted by Gasteiger charge is -2.35. The zero-order chi connectivity index (χ0) is 15.3. The molecule has 0 amide bonds. The van der Waals surface area contributed by atoms with E-state index in [0.717, 1.165) is 0 Å². The van der Waals surface area contributed by atoms with Gasteiger partial charge in [0, 0.05) is 12.5 Å². The Morgan fingerprint density at radius 3 is 2.00 bits per heavy atom. The minimum absolute atomic E-state index is 0.168. The number of hydrogen-bond acceptors (Lipinski definition) is 5. The van der Waals surface area contributed by atoms with Crippen LogP contribution in [0.2, 0.25) is 0 Å². The van der Waals surface area contributed by atoms with E-state index in [1.54, 1.807) is 0 Å². The van der Waals surface area contributed by atoms with Crippen LogP contribution in [0.15, 0.2) is 0 Å². The predicted octanol–water partition coefficient (Wildman–Crippen LogP) is 2.10. The molecule has 112 valence electrons. The molecule has 0 saturated carbocycles. The van der Waals surface area contributed by atoms with Crippen LogP contribution in [0.5, 0.6) is 0 Å². The largest absolute Gasteiger partial charge is 0.428 e. The van der Waals surface area contributed by atoms with Crippen molar-refractivity contribution >= 4 is 11.9 Å². The van der Waals surface area contributed by atoms with Crippen molar-refractivity contribution in [3.05, 3.63) is 0 Å². The molecule has 0 aliphatic heterocycles. The van der Waals surface area contributed by atoms with E-state index in [1.165, 1.54) is 6.92 Å². The molecule has 0 saturated heterocycles. The van der Waals surface area contributed by atoms with E-state index >= 15 is 0 Å². The molecule has 0 radical (unpaired) electrons. The summed E-state index contributed by atoms with van der Waals surface area (Å²) in [6.07, 6.45) is 0.645. The van der Waals surface area contributed by atoms with E-state index < -0.39 is 5.97 Å². The third-order valence-corrected chi connectivity index (χ3v) is 3.18. The highest BCUT2D eigenvalue weighted by atomic mass is 16.7. The summed E-state index contributed by atoms with van der Waals surface area (Å²) in [7, 11) is 1.86. The van der Waals surface area contributed by atoms with E-state index in [2.05, 4.69) is 10.1 Å². The van der Waals surface area contributed by atoms with Gasteiger partial charge in [0.2, 0.25) is 6.79 Å². The number of carbonyl (C=O) groups excluding carboxylic acids is 2. The summed E-state index contributed by atoms with van der Waals surface area (Å²) in [5.41, 5.74) is -0.389. The van der Waals surface area contributed by atoms with Crippen molar-refractivity contribution in [1.82, 2.24) is 5.32 Å². The van der Waals surface area contributed by atoms with Gasteiger partial charge in [0.25, 0.3) is 0 Å². The Morgan fingerprint density at radius 1 is 1.11 bits per heavy atom. The van der Waals surface area contributed by atoms with Gasteiger partial charge in [-0.05, 0) is 32.7 Å². The van der Waals surface area contributed by atoms with Crippen LogP contribution in [0, 0.1) is 11.3 Å². The van der Waals surface area contributed by atoms with Crippen LogP contribution in [-0.4, -0.2) is 31.3 Å². The molecule has 0 rings (SSSR count).